The number of benzene rings is 2. The van der Waals surface area contributed by atoms with Crippen LogP contribution < -0.4 is 10.6 Å². The molecule has 136 valence electrons. The van der Waals surface area contributed by atoms with Crippen LogP contribution >= 0.6 is 11.8 Å². The molecule has 0 unspecified atom stereocenters. The average molecular weight is 370 g/mol. The largest absolute Gasteiger partial charge is 0.508 e. The lowest BCUT2D eigenvalue weighted by molar-refractivity contribution is -0.118. The van der Waals surface area contributed by atoms with Crippen molar-refractivity contribution in [1.29, 1.82) is 0 Å². The minimum absolute atomic E-state index is 0.0307. The van der Waals surface area contributed by atoms with E-state index in [2.05, 4.69) is 10.6 Å². The molecule has 0 aromatic heterocycles. The quantitative estimate of drug-likeness (QED) is 0.731. The molecule has 3 rings (SSSR count). The second kappa shape index (κ2) is 8.76. The van der Waals surface area contributed by atoms with Crippen molar-refractivity contribution in [2.75, 3.05) is 17.6 Å². The lowest BCUT2D eigenvalue weighted by atomic mass is 10.1. The third-order valence-electron chi connectivity index (χ3n) is 4.33. The molecule has 0 bridgehead atoms. The molecule has 1 aliphatic rings. The first-order valence-corrected chi connectivity index (χ1v) is 9.71. The van der Waals surface area contributed by atoms with Crippen LogP contribution in [0.15, 0.2) is 48.5 Å². The summed E-state index contributed by atoms with van der Waals surface area (Å²) >= 11 is 1.39. The lowest BCUT2D eigenvalue weighted by Gasteiger charge is -2.12. The van der Waals surface area contributed by atoms with Gasteiger partial charge >= 0.3 is 0 Å². The van der Waals surface area contributed by atoms with Gasteiger partial charge in [-0.05, 0) is 48.6 Å². The highest BCUT2D eigenvalue weighted by atomic mass is 32.2. The second-order valence-electron chi connectivity index (χ2n) is 6.25. The Labute approximate surface area is 157 Å². The van der Waals surface area contributed by atoms with E-state index in [4.69, 9.17) is 0 Å². The van der Waals surface area contributed by atoms with Crippen molar-refractivity contribution < 1.29 is 14.7 Å². The Morgan fingerprint density at radius 3 is 2.77 bits per heavy atom. The summed E-state index contributed by atoms with van der Waals surface area (Å²) in [5.41, 5.74) is 3.07. The number of phenolic OH excluding ortho intramolecular Hbond substituents is 1. The highest BCUT2D eigenvalue weighted by molar-refractivity contribution is 8.01. The number of carbonyl (C=O) groups is 2. The zero-order valence-corrected chi connectivity index (χ0v) is 15.2. The van der Waals surface area contributed by atoms with Crippen LogP contribution in [0, 0.1) is 0 Å². The van der Waals surface area contributed by atoms with Crippen molar-refractivity contribution >= 4 is 29.3 Å². The van der Waals surface area contributed by atoms with Gasteiger partial charge in [0, 0.05) is 12.2 Å². The molecule has 2 aromatic rings. The summed E-state index contributed by atoms with van der Waals surface area (Å²) in [6, 6.07) is 14.8. The molecular formula is C20H22N2O3S. The van der Waals surface area contributed by atoms with Crippen LogP contribution in [0.3, 0.4) is 0 Å². The fraction of sp³-hybridized carbons (Fsp3) is 0.300. The number of amides is 2. The highest BCUT2D eigenvalue weighted by Crippen LogP contribution is 2.26. The molecule has 1 atom stereocenters. The van der Waals surface area contributed by atoms with Crippen LogP contribution in [-0.2, 0) is 22.4 Å². The summed E-state index contributed by atoms with van der Waals surface area (Å²) < 4.78 is 0. The molecule has 1 aliphatic heterocycles. The Morgan fingerprint density at radius 2 is 1.96 bits per heavy atom. The Balaban J connectivity index is 1.41. The van der Waals surface area contributed by atoms with Crippen molar-refractivity contribution in [1.82, 2.24) is 5.32 Å². The van der Waals surface area contributed by atoms with E-state index < -0.39 is 0 Å². The van der Waals surface area contributed by atoms with Gasteiger partial charge in [-0.1, -0.05) is 30.3 Å². The summed E-state index contributed by atoms with van der Waals surface area (Å²) in [5, 5.41) is 14.9. The topological polar surface area (TPSA) is 78.4 Å². The molecule has 0 radical (unpaired) electrons. The number of hydrogen-bond acceptors (Lipinski definition) is 4. The van der Waals surface area contributed by atoms with Gasteiger partial charge in [0.15, 0.2) is 0 Å². The fourth-order valence-electron chi connectivity index (χ4n) is 2.89. The van der Waals surface area contributed by atoms with E-state index in [1.807, 2.05) is 36.4 Å². The summed E-state index contributed by atoms with van der Waals surface area (Å²) in [6.07, 6.45) is 2.26. The van der Waals surface area contributed by atoms with Crippen molar-refractivity contribution in [3.8, 4) is 5.75 Å². The maximum Gasteiger partial charge on any atom is 0.237 e. The molecule has 6 heteroatoms. The Bertz CT molecular complexity index is 777. The third kappa shape index (κ3) is 5.02. The smallest absolute Gasteiger partial charge is 0.237 e. The van der Waals surface area contributed by atoms with Gasteiger partial charge in [-0.25, -0.2) is 0 Å². The summed E-state index contributed by atoms with van der Waals surface area (Å²) in [6.45, 7) is 0.534. The molecule has 0 fully saturated rings. The summed E-state index contributed by atoms with van der Waals surface area (Å²) in [5.74, 6) is 0.405. The number of nitrogens with one attached hydrogen (secondary N) is 2. The van der Waals surface area contributed by atoms with Crippen molar-refractivity contribution in [2.24, 2.45) is 0 Å². The molecule has 0 aliphatic carbocycles. The average Bonchev–Trinajstić information content (AvgIpc) is 2.80. The van der Waals surface area contributed by atoms with E-state index in [1.165, 1.54) is 11.8 Å². The van der Waals surface area contributed by atoms with E-state index in [0.29, 0.717) is 13.0 Å². The van der Waals surface area contributed by atoms with Crippen molar-refractivity contribution in [3.05, 3.63) is 59.7 Å². The lowest BCUT2D eigenvalue weighted by Crippen LogP contribution is -2.30. The second-order valence-corrected chi connectivity index (χ2v) is 7.44. The molecule has 0 spiro atoms. The van der Waals surface area contributed by atoms with Crippen LogP contribution in [0.2, 0.25) is 0 Å². The number of aryl methyl sites for hydroxylation is 1. The van der Waals surface area contributed by atoms with Crippen LogP contribution in [0.1, 0.15) is 17.5 Å². The van der Waals surface area contributed by atoms with Crippen LogP contribution in [-0.4, -0.2) is 34.5 Å². The predicted octanol–water partition coefficient (Wildman–Crippen LogP) is 2.74. The van der Waals surface area contributed by atoms with Crippen LogP contribution in [0.25, 0.3) is 0 Å². The number of fused-ring (bicyclic) bond motifs is 1. The molecule has 0 saturated carbocycles. The Morgan fingerprint density at radius 1 is 1.19 bits per heavy atom. The summed E-state index contributed by atoms with van der Waals surface area (Å²) in [4.78, 5) is 24.4. The number of carbonyl (C=O) groups excluding carboxylic acids is 2. The fourth-order valence-corrected chi connectivity index (χ4v) is 3.84. The van der Waals surface area contributed by atoms with Gasteiger partial charge in [0.2, 0.25) is 11.8 Å². The molecule has 1 heterocycles. The molecule has 3 N–H and O–H groups in total. The van der Waals surface area contributed by atoms with Gasteiger partial charge in [-0.2, -0.15) is 0 Å². The number of rotatable bonds is 6. The molecule has 26 heavy (non-hydrogen) atoms. The Kier molecular flexibility index (Phi) is 6.17. The van der Waals surface area contributed by atoms with Crippen molar-refractivity contribution in [2.45, 2.75) is 24.5 Å². The highest BCUT2D eigenvalue weighted by Gasteiger charge is 2.24. The van der Waals surface area contributed by atoms with Crippen molar-refractivity contribution in [3.63, 3.8) is 0 Å². The normalized spacial score (nSPS) is 16.3. The van der Waals surface area contributed by atoms with E-state index in [1.54, 1.807) is 12.1 Å². The summed E-state index contributed by atoms with van der Waals surface area (Å²) in [7, 11) is 0. The number of hydrogen-bond donors (Lipinski definition) is 3. The third-order valence-corrected chi connectivity index (χ3v) is 5.61. The standard InChI is InChI=1S/C20H22N2O3S/c23-16-8-5-14(6-9-16)11-12-21-19(24)13-26-18-10-7-15-3-1-2-4-17(15)22-20(18)25/h1-6,8-9,18,23H,7,10-13H2,(H,21,24)(H,22,25)/t18-/m1/s1. The van der Waals surface area contributed by atoms with Crippen LogP contribution in [0.5, 0.6) is 5.75 Å². The molecule has 0 saturated heterocycles. The van der Waals surface area contributed by atoms with E-state index in [-0.39, 0.29) is 28.6 Å². The maximum atomic E-state index is 12.3. The molecular weight excluding hydrogens is 348 g/mol. The molecule has 2 amide bonds. The first-order valence-electron chi connectivity index (χ1n) is 8.67. The Hall–Kier alpha value is -2.47. The first kappa shape index (κ1) is 18.3. The molecule has 2 aromatic carbocycles. The number of para-hydroxylation sites is 1. The minimum atomic E-state index is -0.217. The van der Waals surface area contributed by atoms with Gasteiger partial charge < -0.3 is 15.7 Å². The molecule has 5 nitrogen and oxygen atoms in total. The predicted molar refractivity (Wildman–Crippen MR) is 104 cm³/mol. The van der Waals surface area contributed by atoms with E-state index in [9.17, 15) is 14.7 Å². The SMILES string of the molecule is O=C(CS[C@@H]1CCc2ccccc2NC1=O)NCCc1ccc(O)cc1. The van der Waals surface area contributed by atoms with Gasteiger partial charge in [-0.15, -0.1) is 11.8 Å². The van der Waals surface area contributed by atoms with E-state index in [0.717, 1.165) is 29.7 Å². The zero-order valence-electron chi connectivity index (χ0n) is 14.4. The maximum absolute atomic E-state index is 12.3. The monoisotopic (exact) mass is 370 g/mol. The number of anilines is 1. The van der Waals surface area contributed by atoms with Gasteiger partial charge in [0.05, 0.1) is 11.0 Å². The van der Waals surface area contributed by atoms with Gasteiger partial charge in [0.25, 0.3) is 0 Å². The first-order chi connectivity index (χ1) is 12.6. The number of aromatic hydroxyl groups is 1. The van der Waals surface area contributed by atoms with Crippen LogP contribution in [0.4, 0.5) is 5.69 Å². The number of phenols is 1. The zero-order chi connectivity index (χ0) is 18.4. The van der Waals surface area contributed by atoms with E-state index >= 15 is 0 Å². The van der Waals surface area contributed by atoms with Gasteiger partial charge in [0.1, 0.15) is 5.75 Å². The minimum Gasteiger partial charge on any atom is -0.508 e. The number of thioether (sulfide) groups is 1. The van der Waals surface area contributed by atoms with Gasteiger partial charge in [-0.3, -0.25) is 9.59 Å².